The van der Waals surface area contributed by atoms with Crippen LogP contribution in [0.25, 0.3) is 0 Å². The Morgan fingerprint density at radius 1 is 1.24 bits per heavy atom. The fraction of sp³-hybridized carbons (Fsp3) is 0.562. The maximum absolute atomic E-state index is 13.8. The van der Waals surface area contributed by atoms with Crippen LogP contribution in [-0.2, 0) is 0 Å². The summed E-state index contributed by atoms with van der Waals surface area (Å²) in [4.78, 5) is 14.8. The van der Waals surface area contributed by atoms with Crippen LogP contribution < -0.4 is 11.3 Å². The number of nitrogen functional groups attached to an aromatic ring is 1. The lowest BCUT2D eigenvalue weighted by Gasteiger charge is -2.44. The molecule has 4 nitrogen and oxygen atoms in total. The number of likely N-dealkylation sites (tertiary alicyclic amines) is 1. The standard InChI is InChI=1S/C16H22FN3O/c17-13-8-3-7-12(15(13)19-18)16(21)20-10-4-6-11-5-1-2-9-14(11)20/h3,7-8,11,14,19H,1-2,4-6,9-10,18H2. The minimum atomic E-state index is -0.486. The van der Waals surface area contributed by atoms with Gasteiger partial charge in [0, 0.05) is 12.6 Å². The summed E-state index contributed by atoms with van der Waals surface area (Å²) in [5.74, 6) is 5.42. The Hall–Kier alpha value is -1.62. The fourth-order valence-electron chi connectivity index (χ4n) is 3.88. The van der Waals surface area contributed by atoms with Gasteiger partial charge in [-0.1, -0.05) is 18.9 Å². The van der Waals surface area contributed by atoms with Gasteiger partial charge < -0.3 is 10.3 Å². The molecule has 21 heavy (non-hydrogen) atoms. The zero-order chi connectivity index (χ0) is 14.8. The maximum Gasteiger partial charge on any atom is 0.256 e. The monoisotopic (exact) mass is 291 g/mol. The van der Waals surface area contributed by atoms with E-state index in [2.05, 4.69) is 5.43 Å². The van der Waals surface area contributed by atoms with Crippen molar-refractivity contribution < 1.29 is 9.18 Å². The number of para-hydroxylation sites is 1. The largest absolute Gasteiger partial charge is 0.335 e. The third kappa shape index (κ3) is 2.62. The van der Waals surface area contributed by atoms with E-state index in [1.54, 1.807) is 12.1 Å². The number of carbonyl (C=O) groups is 1. The van der Waals surface area contributed by atoms with Gasteiger partial charge in [-0.2, -0.15) is 0 Å². The van der Waals surface area contributed by atoms with Crippen molar-refractivity contribution in [3.8, 4) is 0 Å². The van der Waals surface area contributed by atoms with Gasteiger partial charge in [0.25, 0.3) is 5.91 Å². The van der Waals surface area contributed by atoms with E-state index in [0.29, 0.717) is 17.5 Å². The van der Waals surface area contributed by atoms with Crippen molar-refractivity contribution in [3.05, 3.63) is 29.6 Å². The molecule has 2 fully saturated rings. The van der Waals surface area contributed by atoms with Gasteiger partial charge in [0.2, 0.25) is 0 Å². The molecule has 1 aliphatic heterocycles. The number of anilines is 1. The van der Waals surface area contributed by atoms with Crippen molar-refractivity contribution in [1.29, 1.82) is 0 Å². The molecule has 2 atom stereocenters. The number of nitrogens with one attached hydrogen (secondary N) is 1. The van der Waals surface area contributed by atoms with Gasteiger partial charge in [-0.05, 0) is 43.7 Å². The maximum atomic E-state index is 13.8. The Morgan fingerprint density at radius 3 is 2.81 bits per heavy atom. The lowest BCUT2D eigenvalue weighted by atomic mass is 9.78. The highest BCUT2D eigenvalue weighted by Crippen LogP contribution is 2.36. The molecule has 1 aliphatic carbocycles. The number of nitrogens with two attached hydrogens (primary N) is 1. The van der Waals surface area contributed by atoms with E-state index in [9.17, 15) is 9.18 Å². The Balaban J connectivity index is 1.89. The van der Waals surface area contributed by atoms with Crippen molar-refractivity contribution in [3.63, 3.8) is 0 Å². The first-order valence-electron chi connectivity index (χ1n) is 7.78. The predicted octanol–water partition coefficient (Wildman–Crippen LogP) is 2.91. The lowest BCUT2D eigenvalue weighted by molar-refractivity contribution is 0.0391. The molecule has 1 amide bonds. The first kappa shape index (κ1) is 14.3. The molecule has 0 bridgehead atoms. The molecule has 2 unspecified atom stereocenters. The average Bonchev–Trinajstić information content (AvgIpc) is 2.53. The number of fused-ring (bicyclic) bond motifs is 1. The first-order chi connectivity index (χ1) is 10.2. The Bertz CT molecular complexity index is 532. The van der Waals surface area contributed by atoms with Crippen LogP contribution in [0, 0.1) is 11.7 Å². The van der Waals surface area contributed by atoms with E-state index in [1.165, 1.54) is 31.7 Å². The summed E-state index contributed by atoms with van der Waals surface area (Å²) in [7, 11) is 0. The molecule has 2 aliphatic rings. The molecule has 3 rings (SSSR count). The summed E-state index contributed by atoms with van der Waals surface area (Å²) in [5.41, 5.74) is 2.77. The second kappa shape index (κ2) is 6.02. The normalized spacial score (nSPS) is 25.3. The van der Waals surface area contributed by atoms with Crippen molar-refractivity contribution in [2.45, 2.75) is 44.6 Å². The molecule has 1 saturated heterocycles. The number of hydrogen-bond donors (Lipinski definition) is 2. The van der Waals surface area contributed by atoms with E-state index >= 15 is 0 Å². The summed E-state index contributed by atoms with van der Waals surface area (Å²) in [6.07, 6.45) is 6.96. The third-order valence-corrected chi connectivity index (χ3v) is 4.89. The second-order valence-electron chi connectivity index (χ2n) is 6.06. The number of halogens is 1. The Kier molecular flexibility index (Phi) is 4.10. The average molecular weight is 291 g/mol. The molecule has 0 spiro atoms. The lowest BCUT2D eigenvalue weighted by Crippen LogP contribution is -2.49. The third-order valence-electron chi connectivity index (χ3n) is 4.89. The van der Waals surface area contributed by atoms with Gasteiger partial charge in [0.05, 0.1) is 11.3 Å². The number of carbonyl (C=O) groups excluding carboxylic acids is 1. The molecule has 1 aromatic carbocycles. The van der Waals surface area contributed by atoms with Crippen LogP contribution >= 0.6 is 0 Å². The van der Waals surface area contributed by atoms with Crippen LogP contribution in [0.3, 0.4) is 0 Å². The van der Waals surface area contributed by atoms with Gasteiger partial charge in [-0.3, -0.25) is 10.6 Å². The van der Waals surface area contributed by atoms with E-state index in [-0.39, 0.29) is 11.6 Å². The number of rotatable bonds is 2. The van der Waals surface area contributed by atoms with Crippen LogP contribution in [0.5, 0.6) is 0 Å². The first-order valence-corrected chi connectivity index (χ1v) is 7.78. The van der Waals surface area contributed by atoms with Gasteiger partial charge >= 0.3 is 0 Å². The summed E-state index contributed by atoms with van der Waals surface area (Å²) >= 11 is 0. The molecule has 0 aromatic heterocycles. The number of hydrazine groups is 1. The van der Waals surface area contributed by atoms with E-state index < -0.39 is 5.82 Å². The summed E-state index contributed by atoms with van der Waals surface area (Å²) in [6.45, 7) is 0.764. The molecule has 1 aromatic rings. The number of amides is 1. The molecular formula is C16H22FN3O. The minimum Gasteiger partial charge on any atom is -0.335 e. The molecule has 1 saturated carbocycles. The van der Waals surface area contributed by atoms with Crippen LogP contribution in [0.15, 0.2) is 18.2 Å². The van der Waals surface area contributed by atoms with E-state index in [1.807, 2.05) is 4.90 Å². The van der Waals surface area contributed by atoms with Crippen LogP contribution in [0.1, 0.15) is 48.9 Å². The number of nitrogens with zero attached hydrogens (tertiary/aromatic N) is 1. The zero-order valence-corrected chi connectivity index (χ0v) is 12.1. The highest BCUT2D eigenvalue weighted by atomic mass is 19.1. The number of hydrogen-bond acceptors (Lipinski definition) is 3. The summed E-state index contributed by atoms with van der Waals surface area (Å²) in [6, 6.07) is 4.83. The van der Waals surface area contributed by atoms with Gasteiger partial charge in [-0.25, -0.2) is 4.39 Å². The predicted molar refractivity (Wildman–Crippen MR) is 80.2 cm³/mol. The Morgan fingerprint density at radius 2 is 2.00 bits per heavy atom. The van der Waals surface area contributed by atoms with Crippen molar-refractivity contribution in [2.24, 2.45) is 11.8 Å². The quantitative estimate of drug-likeness (QED) is 0.650. The SMILES string of the molecule is NNc1c(F)cccc1C(=O)N1CCCC2CCCCC21. The van der Waals surface area contributed by atoms with E-state index in [4.69, 9.17) is 5.84 Å². The molecule has 114 valence electrons. The number of benzene rings is 1. The number of piperidine rings is 1. The molecule has 1 heterocycles. The van der Waals surface area contributed by atoms with E-state index in [0.717, 1.165) is 19.4 Å². The molecule has 0 radical (unpaired) electrons. The second-order valence-corrected chi connectivity index (χ2v) is 6.06. The summed E-state index contributed by atoms with van der Waals surface area (Å²) in [5, 5.41) is 0. The topological polar surface area (TPSA) is 58.4 Å². The highest BCUT2D eigenvalue weighted by molar-refractivity contribution is 5.99. The van der Waals surface area contributed by atoms with Crippen LogP contribution in [0.2, 0.25) is 0 Å². The van der Waals surface area contributed by atoms with Crippen molar-refractivity contribution in [2.75, 3.05) is 12.0 Å². The summed E-state index contributed by atoms with van der Waals surface area (Å²) < 4.78 is 13.8. The zero-order valence-electron chi connectivity index (χ0n) is 12.1. The fourth-order valence-corrected chi connectivity index (χ4v) is 3.88. The molecular weight excluding hydrogens is 269 g/mol. The van der Waals surface area contributed by atoms with Crippen molar-refractivity contribution in [1.82, 2.24) is 4.90 Å². The Labute approximate surface area is 124 Å². The van der Waals surface area contributed by atoms with Gasteiger partial charge in [0.15, 0.2) is 0 Å². The molecule has 3 N–H and O–H groups in total. The highest BCUT2D eigenvalue weighted by Gasteiger charge is 2.36. The van der Waals surface area contributed by atoms with Crippen molar-refractivity contribution >= 4 is 11.6 Å². The molecule has 5 heteroatoms. The van der Waals surface area contributed by atoms with Gasteiger partial charge in [0.1, 0.15) is 5.82 Å². The van der Waals surface area contributed by atoms with Crippen LogP contribution in [-0.4, -0.2) is 23.4 Å². The minimum absolute atomic E-state index is 0.0976. The smallest absolute Gasteiger partial charge is 0.256 e. The van der Waals surface area contributed by atoms with Crippen LogP contribution in [0.4, 0.5) is 10.1 Å². The van der Waals surface area contributed by atoms with Gasteiger partial charge in [-0.15, -0.1) is 0 Å².